The van der Waals surface area contributed by atoms with E-state index in [1.165, 1.54) is 0 Å². The van der Waals surface area contributed by atoms with Gasteiger partial charge in [-0.2, -0.15) is 0 Å². The van der Waals surface area contributed by atoms with Crippen molar-refractivity contribution in [2.24, 2.45) is 5.73 Å². The van der Waals surface area contributed by atoms with Gasteiger partial charge in [0.15, 0.2) is 0 Å². The van der Waals surface area contributed by atoms with Crippen molar-refractivity contribution in [1.82, 2.24) is 5.32 Å². The fraction of sp³-hybridized carbons (Fsp3) is 0.200. The molecule has 4 N–H and O–H groups in total. The molecule has 0 amide bonds. The Kier molecular flexibility index (Phi) is 3.82. The fourth-order valence-electron chi connectivity index (χ4n) is 1.08. The molecule has 0 aliphatic carbocycles. The molecule has 0 unspecified atom stereocenters. The lowest BCUT2D eigenvalue weighted by atomic mass is 10.1. The van der Waals surface area contributed by atoms with Crippen LogP contribution in [0.4, 0.5) is 0 Å². The number of carbonyl (C=O) groups is 1. The van der Waals surface area contributed by atoms with Gasteiger partial charge in [0.1, 0.15) is 12.1 Å². The van der Waals surface area contributed by atoms with Gasteiger partial charge in [-0.05, 0) is 5.56 Å². The molecule has 1 aromatic carbocycles. The molecule has 0 radical (unpaired) electrons. The van der Waals surface area contributed by atoms with E-state index in [9.17, 15) is 4.79 Å². The van der Waals surface area contributed by atoms with Crippen LogP contribution in [0.15, 0.2) is 24.3 Å². The third kappa shape index (κ3) is 2.99. The molecule has 74 valence electrons. The molecule has 1 aromatic rings. The molecular weight excluding hydrogens is 178 g/mol. The van der Waals surface area contributed by atoms with E-state index in [1.807, 2.05) is 12.1 Å². The average molecular weight is 191 g/mol. The Balaban J connectivity index is 2.55. The van der Waals surface area contributed by atoms with Gasteiger partial charge in [0.05, 0.1) is 6.54 Å². The molecule has 0 bridgehead atoms. The number of hydrogen-bond acceptors (Lipinski definition) is 3. The van der Waals surface area contributed by atoms with Crippen molar-refractivity contribution >= 4 is 12.1 Å². The largest absolute Gasteiger partial charge is 0.384 e. The second kappa shape index (κ2) is 5.14. The van der Waals surface area contributed by atoms with Crippen molar-refractivity contribution in [3.63, 3.8) is 0 Å². The van der Waals surface area contributed by atoms with Crippen LogP contribution in [0, 0.1) is 5.41 Å². The first-order chi connectivity index (χ1) is 6.74. The van der Waals surface area contributed by atoms with Gasteiger partial charge in [0.25, 0.3) is 0 Å². The van der Waals surface area contributed by atoms with Gasteiger partial charge in [-0.25, -0.2) is 0 Å². The second-order valence-electron chi connectivity index (χ2n) is 2.91. The van der Waals surface area contributed by atoms with Gasteiger partial charge in [0, 0.05) is 12.1 Å². The van der Waals surface area contributed by atoms with Crippen LogP contribution < -0.4 is 11.1 Å². The maximum atomic E-state index is 10.0. The highest BCUT2D eigenvalue weighted by Crippen LogP contribution is 2.02. The standard InChI is InChI=1S/C10H13N3O/c11-10(12)9-3-1-8(2-4-9)7-13-5-6-14/h1-4,6,13H,5,7H2,(H3,11,12). The highest BCUT2D eigenvalue weighted by molar-refractivity contribution is 5.94. The molecule has 0 saturated heterocycles. The number of amidine groups is 1. The molecule has 0 aromatic heterocycles. The van der Waals surface area contributed by atoms with E-state index in [0.717, 1.165) is 11.8 Å². The highest BCUT2D eigenvalue weighted by atomic mass is 16.1. The Morgan fingerprint density at radius 1 is 1.43 bits per heavy atom. The van der Waals surface area contributed by atoms with Gasteiger partial charge in [-0.3, -0.25) is 5.41 Å². The number of rotatable bonds is 5. The van der Waals surface area contributed by atoms with Crippen molar-refractivity contribution < 1.29 is 4.79 Å². The fourth-order valence-corrected chi connectivity index (χ4v) is 1.08. The molecule has 1 rings (SSSR count). The molecule has 4 nitrogen and oxygen atoms in total. The Morgan fingerprint density at radius 3 is 2.57 bits per heavy atom. The number of nitrogen functional groups attached to an aromatic ring is 1. The van der Waals surface area contributed by atoms with Crippen LogP contribution in [0.3, 0.4) is 0 Å². The molecule has 0 aliphatic heterocycles. The Bertz CT molecular complexity index is 319. The first-order valence-electron chi connectivity index (χ1n) is 4.31. The van der Waals surface area contributed by atoms with Gasteiger partial charge in [-0.15, -0.1) is 0 Å². The summed E-state index contributed by atoms with van der Waals surface area (Å²) in [6.45, 7) is 1.01. The van der Waals surface area contributed by atoms with Crippen LogP contribution in [-0.2, 0) is 11.3 Å². The summed E-state index contributed by atoms with van der Waals surface area (Å²) in [4.78, 5) is 10.0. The first-order valence-corrected chi connectivity index (χ1v) is 4.31. The summed E-state index contributed by atoms with van der Waals surface area (Å²) in [6.07, 6.45) is 0.823. The van der Waals surface area contributed by atoms with E-state index < -0.39 is 0 Å². The number of hydrogen-bond donors (Lipinski definition) is 3. The molecule has 14 heavy (non-hydrogen) atoms. The number of aldehydes is 1. The van der Waals surface area contributed by atoms with Gasteiger partial charge < -0.3 is 15.8 Å². The SMILES string of the molecule is N=C(N)c1ccc(CNCC=O)cc1. The van der Waals surface area contributed by atoms with Gasteiger partial charge >= 0.3 is 0 Å². The summed E-state index contributed by atoms with van der Waals surface area (Å²) in [5.41, 5.74) is 7.09. The maximum Gasteiger partial charge on any atom is 0.133 e. The summed E-state index contributed by atoms with van der Waals surface area (Å²) in [5, 5.41) is 10.1. The molecule has 0 spiro atoms. The van der Waals surface area contributed by atoms with Crippen molar-refractivity contribution in [1.29, 1.82) is 5.41 Å². The lowest BCUT2D eigenvalue weighted by molar-refractivity contribution is -0.107. The third-order valence-electron chi connectivity index (χ3n) is 1.82. The quantitative estimate of drug-likeness (QED) is 0.270. The normalized spacial score (nSPS) is 9.71. The molecule has 0 atom stereocenters. The van der Waals surface area contributed by atoms with Crippen LogP contribution in [0.2, 0.25) is 0 Å². The van der Waals surface area contributed by atoms with E-state index in [1.54, 1.807) is 12.1 Å². The summed E-state index contributed by atoms with van der Waals surface area (Å²) in [7, 11) is 0. The van der Waals surface area contributed by atoms with Crippen LogP contribution in [0.25, 0.3) is 0 Å². The first kappa shape index (κ1) is 10.4. The van der Waals surface area contributed by atoms with Gasteiger partial charge in [0.2, 0.25) is 0 Å². The maximum absolute atomic E-state index is 10.0. The number of nitrogens with one attached hydrogen (secondary N) is 2. The lowest BCUT2D eigenvalue weighted by Crippen LogP contribution is -2.16. The molecule has 4 heteroatoms. The minimum atomic E-state index is 0.0670. The van der Waals surface area contributed by atoms with Crippen molar-refractivity contribution in [3.05, 3.63) is 35.4 Å². The molecule has 0 aliphatic rings. The van der Waals surface area contributed by atoms with Crippen molar-refractivity contribution in [3.8, 4) is 0 Å². The molecule has 0 heterocycles. The van der Waals surface area contributed by atoms with Crippen molar-refractivity contribution in [2.75, 3.05) is 6.54 Å². The summed E-state index contributed by atoms with van der Waals surface area (Å²) in [5.74, 6) is 0.0670. The van der Waals surface area contributed by atoms with Crippen LogP contribution >= 0.6 is 0 Å². The minimum Gasteiger partial charge on any atom is -0.384 e. The van der Waals surface area contributed by atoms with Crippen LogP contribution in [-0.4, -0.2) is 18.7 Å². The van der Waals surface area contributed by atoms with Gasteiger partial charge in [-0.1, -0.05) is 24.3 Å². The zero-order chi connectivity index (χ0) is 10.4. The Hall–Kier alpha value is -1.68. The topological polar surface area (TPSA) is 79.0 Å². The van der Waals surface area contributed by atoms with E-state index >= 15 is 0 Å². The number of benzene rings is 1. The second-order valence-corrected chi connectivity index (χ2v) is 2.91. The van der Waals surface area contributed by atoms with E-state index in [2.05, 4.69) is 5.32 Å². The third-order valence-corrected chi connectivity index (χ3v) is 1.82. The number of carbonyl (C=O) groups excluding carboxylic acids is 1. The highest BCUT2D eigenvalue weighted by Gasteiger charge is 1.96. The monoisotopic (exact) mass is 191 g/mol. The predicted molar refractivity (Wildman–Crippen MR) is 55.2 cm³/mol. The number of nitrogens with two attached hydrogens (primary N) is 1. The van der Waals surface area contributed by atoms with Crippen LogP contribution in [0.5, 0.6) is 0 Å². The Morgan fingerprint density at radius 2 is 2.07 bits per heavy atom. The predicted octanol–water partition coefficient (Wildman–Crippen LogP) is 0.259. The Labute approximate surface area is 82.6 Å². The molecule has 0 saturated carbocycles. The summed E-state index contributed by atoms with van der Waals surface area (Å²) >= 11 is 0. The molecular formula is C10H13N3O. The van der Waals surface area contributed by atoms with E-state index in [4.69, 9.17) is 11.1 Å². The lowest BCUT2D eigenvalue weighted by Gasteiger charge is -2.02. The van der Waals surface area contributed by atoms with E-state index in [0.29, 0.717) is 18.7 Å². The van der Waals surface area contributed by atoms with Crippen LogP contribution in [0.1, 0.15) is 11.1 Å². The minimum absolute atomic E-state index is 0.0670. The summed E-state index contributed by atoms with van der Waals surface area (Å²) in [6, 6.07) is 7.35. The smallest absolute Gasteiger partial charge is 0.133 e. The zero-order valence-corrected chi connectivity index (χ0v) is 7.79. The molecule has 0 fully saturated rings. The van der Waals surface area contributed by atoms with E-state index in [-0.39, 0.29) is 5.84 Å². The average Bonchev–Trinajstić information content (AvgIpc) is 2.19. The zero-order valence-electron chi connectivity index (χ0n) is 7.79. The summed E-state index contributed by atoms with van der Waals surface area (Å²) < 4.78 is 0. The van der Waals surface area contributed by atoms with Crippen molar-refractivity contribution in [2.45, 2.75) is 6.54 Å².